The summed E-state index contributed by atoms with van der Waals surface area (Å²) >= 11 is 0. The summed E-state index contributed by atoms with van der Waals surface area (Å²) in [5, 5.41) is 0. The van der Waals surface area contributed by atoms with E-state index in [0.29, 0.717) is 37.0 Å². The number of alkyl halides is 3. The maximum Gasteiger partial charge on any atom is 0.456 e. The molecule has 10 heteroatoms. The predicted octanol–water partition coefficient (Wildman–Crippen LogP) is 2.84. The fourth-order valence-electron chi connectivity index (χ4n) is 4.97. The molecule has 24 heavy (non-hydrogen) atoms. The second-order valence-corrected chi connectivity index (χ2v) is 8.56. The van der Waals surface area contributed by atoms with Gasteiger partial charge in [-0.15, -0.1) is 0 Å². The van der Waals surface area contributed by atoms with E-state index in [4.69, 9.17) is 4.55 Å². The van der Waals surface area contributed by atoms with Gasteiger partial charge in [0.25, 0.3) is 0 Å². The number of carbonyl (C=O) groups excluding carboxylic acids is 1. The molecule has 4 saturated carbocycles. The van der Waals surface area contributed by atoms with Crippen LogP contribution in [0, 0.1) is 23.2 Å². The SMILES string of the molecule is CC(OC(=O)C12CC3CC(CC(C3)C1)C2)(OS(=O)(=O)O)C(F)(F)F. The highest BCUT2D eigenvalue weighted by Gasteiger charge is 2.63. The van der Waals surface area contributed by atoms with Crippen LogP contribution in [0.2, 0.25) is 0 Å². The van der Waals surface area contributed by atoms with Crippen molar-refractivity contribution in [3.8, 4) is 0 Å². The van der Waals surface area contributed by atoms with Crippen molar-refractivity contribution in [3.05, 3.63) is 0 Å². The lowest BCUT2D eigenvalue weighted by atomic mass is 9.49. The Hall–Kier alpha value is -0.870. The third-order valence-corrected chi connectivity index (χ3v) is 6.07. The Morgan fingerprint density at radius 2 is 1.50 bits per heavy atom. The van der Waals surface area contributed by atoms with E-state index in [-0.39, 0.29) is 6.92 Å². The van der Waals surface area contributed by atoms with Gasteiger partial charge in [0.15, 0.2) is 0 Å². The Morgan fingerprint density at radius 3 is 1.83 bits per heavy atom. The van der Waals surface area contributed by atoms with Crippen molar-refractivity contribution in [1.82, 2.24) is 0 Å². The maximum absolute atomic E-state index is 13.2. The van der Waals surface area contributed by atoms with Crippen LogP contribution >= 0.6 is 0 Å². The number of rotatable bonds is 4. The third kappa shape index (κ3) is 3.15. The molecule has 0 radical (unpaired) electrons. The van der Waals surface area contributed by atoms with E-state index >= 15 is 0 Å². The van der Waals surface area contributed by atoms with E-state index in [0.717, 1.165) is 19.3 Å². The highest BCUT2D eigenvalue weighted by Crippen LogP contribution is 2.60. The van der Waals surface area contributed by atoms with E-state index < -0.39 is 33.7 Å². The summed E-state index contributed by atoms with van der Waals surface area (Å²) in [7, 11) is -5.46. The summed E-state index contributed by atoms with van der Waals surface area (Å²) in [5.41, 5.74) is -1.01. The summed E-state index contributed by atoms with van der Waals surface area (Å²) in [6, 6.07) is 0. The van der Waals surface area contributed by atoms with Crippen molar-refractivity contribution in [2.45, 2.75) is 57.4 Å². The topological polar surface area (TPSA) is 89.9 Å². The molecular weight excluding hydrogens is 353 g/mol. The molecule has 0 aromatic carbocycles. The van der Waals surface area contributed by atoms with Gasteiger partial charge in [0.05, 0.1) is 5.41 Å². The van der Waals surface area contributed by atoms with E-state index in [1.165, 1.54) is 0 Å². The summed E-state index contributed by atoms with van der Waals surface area (Å²) in [5.74, 6) is -3.96. The molecule has 0 aromatic rings. The van der Waals surface area contributed by atoms with Crippen LogP contribution < -0.4 is 0 Å². The van der Waals surface area contributed by atoms with Crippen molar-refractivity contribution in [3.63, 3.8) is 0 Å². The molecule has 0 aromatic heterocycles. The average Bonchev–Trinajstić information content (AvgIpc) is 2.32. The molecule has 0 saturated heterocycles. The highest BCUT2D eigenvalue weighted by atomic mass is 32.3. The number of hydrogen-bond acceptors (Lipinski definition) is 5. The number of esters is 1. The van der Waals surface area contributed by atoms with Crippen LogP contribution in [0.5, 0.6) is 0 Å². The molecular formula is C14H19F3O6S. The van der Waals surface area contributed by atoms with Crippen LogP contribution in [-0.4, -0.2) is 30.9 Å². The molecule has 0 amide bonds. The van der Waals surface area contributed by atoms with Crippen LogP contribution in [-0.2, 0) is 24.1 Å². The van der Waals surface area contributed by atoms with Gasteiger partial charge in [-0.2, -0.15) is 25.8 Å². The maximum atomic E-state index is 13.2. The van der Waals surface area contributed by atoms with Gasteiger partial charge in [-0.25, -0.2) is 0 Å². The van der Waals surface area contributed by atoms with Gasteiger partial charge in [-0.3, -0.25) is 9.35 Å². The third-order valence-electron chi connectivity index (χ3n) is 5.54. The zero-order valence-corrected chi connectivity index (χ0v) is 13.8. The Balaban J connectivity index is 1.84. The first-order valence-corrected chi connectivity index (χ1v) is 9.17. The van der Waals surface area contributed by atoms with Crippen molar-refractivity contribution in [2.24, 2.45) is 23.2 Å². The lowest BCUT2D eigenvalue weighted by Gasteiger charge is -2.55. The second-order valence-electron chi connectivity index (χ2n) is 7.54. The minimum absolute atomic E-state index is 0.277. The normalized spacial score (nSPS) is 38.0. The van der Waals surface area contributed by atoms with Crippen molar-refractivity contribution < 1.29 is 39.9 Å². The molecule has 4 fully saturated rings. The van der Waals surface area contributed by atoms with Gasteiger partial charge in [0.2, 0.25) is 0 Å². The number of halogens is 3. The van der Waals surface area contributed by atoms with E-state index in [1.807, 2.05) is 0 Å². The molecule has 6 nitrogen and oxygen atoms in total. The summed E-state index contributed by atoms with van der Waals surface area (Å²) < 4.78 is 77.9. The number of hydrogen-bond donors (Lipinski definition) is 1. The van der Waals surface area contributed by atoms with E-state index in [2.05, 4.69) is 8.92 Å². The Bertz CT molecular complexity index is 608. The average molecular weight is 372 g/mol. The number of ether oxygens (including phenoxy) is 1. The van der Waals surface area contributed by atoms with Crippen LogP contribution in [0.15, 0.2) is 0 Å². The Kier molecular flexibility index (Phi) is 3.97. The largest absolute Gasteiger partial charge is 0.456 e. The first-order valence-electron chi connectivity index (χ1n) is 7.80. The summed E-state index contributed by atoms with van der Waals surface area (Å²) in [6.07, 6.45) is -1.02. The molecule has 1 atom stereocenters. The van der Waals surface area contributed by atoms with Gasteiger partial charge >= 0.3 is 28.3 Å². The highest BCUT2D eigenvalue weighted by molar-refractivity contribution is 7.80. The lowest BCUT2D eigenvalue weighted by molar-refractivity contribution is -0.336. The standard InChI is InChI=1S/C14H19F3O6S/c1-12(14(15,16)17,23-24(19,20)21)22-11(18)13-5-8-2-9(6-13)4-10(3-8)7-13/h8-10H,2-7H2,1H3,(H,19,20,21). The summed E-state index contributed by atoms with van der Waals surface area (Å²) in [4.78, 5) is 12.6. The van der Waals surface area contributed by atoms with Crippen molar-refractivity contribution >= 4 is 16.4 Å². The molecule has 1 N–H and O–H groups in total. The van der Waals surface area contributed by atoms with Gasteiger partial charge in [0, 0.05) is 6.92 Å². The molecule has 138 valence electrons. The van der Waals surface area contributed by atoms with Gasteiger partial charge in [-0.1, -0.05) is 0 Å². The first kappa shape index (κ1) is 17.9. The Labute approximate surface area is 137 Å². The molecule has 0 aliphatic heterocycles. The second kappa shape index (κ2) is 5.31. The van der Waals surface area contributed by atoms with E-state index in [9.17, 15) is 26.4 Å². The fourth-order valence-corrected chi connectivity index (χ4v) is 5.50. The molecule has 4 rings (SSSR count). The van der Waals surface area contributed by atoms with Gasteiger partial charge in [-0.05, 0) is 56.3 Å². The van der Waals surface area contributed by atoms with Gasteiger partial charge in [0.1, 0.15) is 0 Å². The van der Waals surface area contributed by atoms with Crippen LogP contribution in [0.1, 0.15) is 45.4 Å². The minimum atomic E-state index is -5.46. The monoisotopic (exact) mass is 372 g/mol. The quantitative estimate of drug-likeness (QED) is 0.464. The fraction of sp³-hybridized carbons (Fsp3) is 0.929. The lowest BCUT2D eigenvalue weighted by Crippen LogP contribution is -2.56. The van der Waals surface area contributed by atoms with Gasteiger partial charge < -0.3 is 4.74 Å². The number of carbonyl (C=O) groups is 1. The zero-order chi connectivity index (χ0) is 18.0. The van der Waals surface area contributed by atoms with Crippen LogP contribution in [0.4, 0.5) is 13.2 Å². The Morgan fingerprint density at radius 1 is 1.08 bits per heavy atom. The minimum Gasteiger partial charge on any atom is -0.422 e. The van der Waals surface area contributed by atoms with Crippen LogP contribution in [0.3, 0.4) is 0 Å². The smallest absolute Gasteiger partial charge is 0.422 e. The molecule has 4 aliphatic carbocycles. The summed E-state index contributed by atoms with van der Waals surface area (Å²) in [6.45, 7) is 0.277. The van der Waals surface area contributed by atoms with Crippen molar-refractivity contribution in [2.75, 3.05) is 0 Å². The molecule has 1 unspecified atom stereocenters. The molecule has 4 aliphatic rings. The predicted molar refractivity (Wildman–Crippen MR) is 73.8 cm³/mol. The van der Waals surface area contributed by atoms with Crippen LogP contribution in [0.25, 0.3) is 0 Å². The first-order chi connectivity index (χ1) is 10.8. The molecule has 0 heterocycles. The zero-order valence-electron chi connectivity index (χ0n) is 13.0. The molecule has 4 bridgehead atoms. The van der Waals surface area contributed by atoms with Crippen molar-refractivity contribution in [1.29, 1.82) is 0 Å². The van der Waals surface area contributed by atoms with E-state index in [1.54, 1.807) is 0 Å². The molecule has 0 spiro atoms.